The van der Waals surface area contributed by atoms with Crippen LogP contribution >= 0.6 is 22.7 Å². The van der Waals surface area contributed by atoms with Crippen molar-refractivity contribution in [2.24, 2.45) is 0 Å². The summed E-state index contributed by atoms with van der Waals surface area (Å²) >= 11 is 3.54. The lowest BCUT2D eigenvalue weighted by molar-refractivity contribution is -0.134. The number of thiophene rings is 1. The molecule has 4 heterocycles. The Balaban J connectivity index is 1.24. The van der Waals surface area contributed by atoms with Crippen molar-refractivity contribution in [2.45, 2.75) is 44.2 Å². The Morgan fingerprint density at radius 2 is 2.13 bits per heavy atom. The van der Waals surface area contributed by atoms with Crippen molar-refractivity contribution >= 4 is 38.8 Å². The van der Waals surface area contributed by atoms with Gasteiger partial charge in [0.25, 0.3) is 0 Å². The first-order valence-electron chi connectivity index (χ1n) is 11.2. The third kappa shape index (κ3) is 5.17. The van der Waals surface area contributed by atoms with Gasteiger partial charge in [0.2, 0.25) is 5.91 Å². The summed E-state index contributed by atoms with van der Waals surface area (Å²) in [6.45, 7) is 4.60. The predicted octanol–water partition coefficient (Wildman–Crippen LogP) is 4.75. The monoisotopic (exact) mass is 455 g/mol. The number of hydrogen-bond acceptors (Lipinski definition) is 6. The van der Waals surface area contributed by atoms with Crippen LogP contribution < -0.4 is 0 Å². The Bertz CT molecular complexity index is 964. The van der Waals surface area contributed by atoms with E-state index in [1.165, 1.54) is 14.6 Å². The lowest BCUT2D eigenvalue weighted by Gasteiger charge is -2.34. The van der Waals surface area contributed by atoms with Gasteiger partial charge in [0, 0.05) is 43.6 Å². The maximum atomic E-state index is 13.3. The molecule has 0 unspecified atom stereocenters. The Morgan fingerprint density at radius 1 is 1.19 bits per heavy atom. The highest BCUT2D eigenvalue weighted by Crippen LogP contribution is 2.33. The first-order valence-corrected chi connectivity index (χ1v) is 12.9. The number of piperidine rings is 1. The topological polar surface area (TPSA) is 45.7 Å². The Kier molecular flexibility index (Phi) is 6.64. The van der Waals surface area contributed by atoms with Gasteiger partial charge < -0.3 is 9.64 Å². The maximum absolute atomic E-state index is 13.3. The van der Waals surface area contributed by atoms with Gasteiger partial charge in [-0.1, -0.05) is 18.2 Å². The number of hydrogen-bond donors (Lipinski definition) is 0. The number of para-hydroxylation sites is 1. The molecular formula is C24H29N3O2S2. The molecule has 0 spiro atoms. The van der Waals surface area contributed by atoms with Gasteiger partial charge in [-0.2, -0.15) is 0 Å². The highest BCUT2D eigenvalue weighted by molar-refractivity contribution is 7.18. The molecule has 7 heteroatoms. The summed E-state index contributed by atoms with van der Waals surface area (Å²) in [6, 6.07) is 12.6. The number of carbonyl (C=O) groups is 1. The number of fused-ring (bicyclic) bond motifs is 1. The molecule has 2 aliphatic heterocycles. The average molecular weight is 456 g/mol. The average Bonchev–Trinajstić information content (AvgIpc) is 3.55. The van der Waals surface area contributed by atoms with E-state index in [4.69, 9.17) is 9.72 Å². The minimum atomic E-state index is 0.236. The molecule has 5 rings (SSSR count). The van der Waals surface area contributed by atoms with Crippen molar-refractivity contribution in [2.75, 3.05) is 32.8 Å². The molecule has 0 N–H and O–H groups in total. The zero-order chi connectivity index (χ0) is 21.0. The van der Waals surface area contributed by atoms with Crippen molar-refractivity contribution in [3.63, 3.8) is 0 Å². The minimum Gasteiger partial charge on any atom is -0.377 e. The molecule has 31 heavy (non-hydrogen) atoms. The van der Waals surface area contributed by atoms with Crippen LogP contribution in [0.4, 0.5) is 0 Å². The second kappa shape index (κ2) is 9.77. The first kappa shape index (κ1) is 21.1. The molecule has 2 saturated heterocycles. The summed E-state index contributed by atoms with van der Waals surface area (Å²) in [5.41, 5.74) is 1.07. The van der Waals surface area contributed by atoms with Crippen molar-refractivity contribution < 1.29 is 9.53 Å². The Morgan fingerprint density at radius 3 is 2.94 bits per heavy atom. The summed E-state index contributed by atoms with van der Waals surface area (Å²) in [7, 11) is 0. The van der Waals surface area contributed by atoms with E-state index in [1.807, 2.05) is 6.07 Å². The minimum absolute atomic E-state index is 0.236. The zero-order valence-corrected chi connectivity index (χ0v) is 19.4. The van der Waals surface area contributed by atoms with E-state index < -0.39 is 0 Å². The summed E-state index contributed by atoms with van der Waals surface area (Å²) in [5, 5.41) is 3.28. The van der Waals surface area contributed by atoms with Gasteiger partial charge >= 0.3 is 0 Å². The van der Waals surface area contributed by atoms with Crippen LogP contribution in [0.15, 0.2) is 41.8 Å². The van der Waals surface area contributed by atoms with Crippen LogP contribution in [0.3, 0.4) is 0 Å². The quantitative estimate of drug-likeness (QED) is 0.516. The van der Waals surface area contributed by atoms with Crippen LogP contribution in [-0.2, 0) is 16.1 Å². The highest BCUT2D eigenvalue weighted by atomic mass is 32.1. The van der Waals surface area contributed by atoms with Crippen LogP contribution in [0.25, 0.3) is 10.2 Å². The molecule has 1 amide bonds. The Hall–Kier alpha value is -1.80. The van der Waals surface area contributed by atoms with E-state index >= 15 is 0 Å². The summed E-state index contributed by atoms with van der Waals surface area (Å²) < 4.78 is 7.10. The molecule has 0 saturated carbocycles. The molecule has 0 radical (unpaired) electrons. The van der Waals surface area contributed by atoms with Crippen LogP contribution in [0.5, 0.6) is 0 Å². The number of ether oxygens (including phenoxy) is 1. The lowest BCUT2D eigenvalue weighted by atomic mass is 9.98. The van der Waals surface area contributed by atoms with E-state index in [1.54, 1.807) is 22.7 Å². The molecule has 5 nitrogen and oxygen atoms in total. The molecule has 0 aliphatic carbocycles. The molecule has 2 aliphatic rings. The smallest absolute Gasteiger partial charge is 0.236 e. The SMILES string of the molecule is O=C(CN(Cc1cccs1)C[C@H]1CCCO1)N1CCC[C@@H](c2nc3ccccc3s2)C1. The summed E-state index contributed by atoms with van der Waals surface area (Å²) in [6.07, 6.45) is 4.63. The number of thiazole rings is 1. The van der Waals surface area contributed by atoms with E-state index in [9.17, 15) is 4.79 Å². The lowest BCUT2D eigenvalue weighted by Crippen LogP contribution is -2.45. The van der Waals surface area contributed by atoms with Gasteiger partial charge in [-0.05, 0) is 49.3 Å². The predicted molar refractivity (Wildman–Crippen MR) is 127 cm³/mol. The largest absolute Gasteiger partial charge is 0.377 e. The molecule has 2 atom stereocenters. The van der Waals surface area contributed by atoms with Crippen molar-refractivity contribution in [1.29, 1.82) is 0 Å². The van der Waals surface area contributed by atoms with Crippen molar-refractivity contribution in [3.05, 3.63) is 51.7 Å². The number of rotatable bonds is 7. The highest BCUT2D eigenvalue weighted by Gasteiger charge is 2.29. The summed E-state index contributed by atoms with van der Waals surface area (Å²) in [4.78, 5) is 23.8. The van der Waals surface area contributed by atoms with Crippen molar-refractivity contribution in [1.82, 2.24) is 14.8 Å². The van der Waals surface area contributed by atoms with Gasteiger partial charge in [-0.15, -0.1) is 22.7 Å². The molecular weight excluding hydrogens is 426 g/mol. The van der Waals surface area contributed by atoms with E-state index in [2.05, 4.69) is 45.5 Å². The van der Waals surface area contributed by atoms with Gasteiger partial charge in [-0.25, -0.2) is 4.98 Å². The number of nitrogens with zero attached hydrogens (tertiary/aromatic N) is 3. The second-order valence-electron chi connectivity index (χ2n) is 8.58. The molecule has 1 aromatic carbocycles. The number of likely N-dealkylation sites (tertiary alicyclic amines) is 1. The van der Waals surface area contributed by atoms with Crippen LogP contribution in [-0.4, -0.2) is 59.6 Å². The molecule has 2 fully saturated rings. The molecule has 2 aromatic heterocycles. The van der Waals surface area contributed by atoms with Gasteiger partial charge in [-0.3, -0.25) is 9.69 Å². The Labute approximate surface area is 191 Å². The number of benzene rings is 1. The van der Waals surface area contributed by atoms with Gasteiger partial charge in [0.05, 0.1) is 27.9 Å². The fraction of sp³-hybridized carbons (Fsp3) is 0.500. The fourth-order valence-electron chi connectivity index (χ4n) is 4.65. The van der Waals surface area contributed by atoms with Crippen molar-refractivity contribution in [3.8, 4) is 0 Å². The van der Waals surface area contributed by atoms with E-state index in [-0.39, 0.29) is 12.0 Å². The fourth-order valence-corrected chi connectivity index (χ4v) is 6.48. The standard InChI is InChI=1S/C24H29N3O2S2/c28-23(17-26(15-19-7-4-12-29-19)16-20-8-5-13-30-20)27-11-3-6-18(14-27)24-25-21-9-1-2-10-22(21)31-24/h1-2,5,8-10,13,18-19H,3-4,6-7,11-12,14-17H2/t18-,19-/m1/s1. The normalized spacial score (nSPS) is 21.9. The second-order valence-corrected chi connectivity index (χ2v) is 10.7. The van der Waals surface area contributed by atoms with E-state index in [0.717, 1.165) is 64.0 Å². The molecule has 3 aromatic rings. The van der Waals surface area contributed by atoms with Crippen LogP contribution in [0.2, 0.25) is 0 Å². The third-order valence-corrected chi connectivity index (χ3v) is 8.30. The third-order valence-electron chi connectivity index (χ3n) is 6.24. The van der Waals surface area contributed by atoms with Gasteiger partial charge in [0.15, 0.2) is 0 Å². The molecule has 0 bridgehead atoms. The number of aromatic nitrogens is 1. The summed E-state index contributed by atoms with van der Waals surface area (Å²) in [5.74, 6) is 0.583. The number of carbonyl (C=O) groups excluding carboxylic acids is 1. The maximum Gasteiger partial charge on any atom is 0.236 e. The van der Waals surface area contributed by atoms with Crippen LogP contribution in [0.1, 0.15) is 41.5 Å². The zero-order valence-electron chi connectivity index (χ0n) is 17.7. The first-order chi connectivity index (χ1) is 15.2. The number of amides is 1. The molecule has 164 valence electrons. The van der Waals surface area contributed by atoms with Crippen LogP contribution in [0, 0.1) is 0 Å². The van der Waals surface area contributed by atoms with E-state index in [0.29, 0.717) is 12.5 Å². The van der Waals surface area contributed by atoms with Gasteiger partial charge in [0.1, 0.15) is 0 Å².